The molecule has 0 spiro atoms. The predicted molar refractivity (Wildman–Crippen MR) is 77.1 cm³/mol. The number of hydrogen-bond acceptors (Lipinski definition) is 6. The summed E-state index contributed by atoms with van der Waals surface area (Å²) in [6.45, 7) is 3.23. The van der Waals surface area contributed by atoms with Crippen molar-refractivity contribution >= 4 is 17.7 Å². The van der Waals surface area contributed by atoms with Gasteiger partial charge in [-0.15, -0.1) is 0 Å². The Hall–Kier alpha value is -2.63. The van der Waals surface area contributed by atoms with E-state index in [2.05, 4.69) is 9.99 Å². The molecular formula is C15H17NO5. The summed E-state index contributed by atoms with van der Waals surface area (Å²) < 4.78 is 9.84. The molecule has 1 aromatic rings. The molecule has 0 saturated carbocycles. The van der Waals surface area contributed by atoms with Gasteiger partial charge in [-0.05, 0) is 37.3 Å². The first kappa shape index (κ1) is 16.4. The van der Waals surface area contributed by atoms with Crippen LogP contribution < -0.4 is 4.74 Å². The van der Waals surface area contributed by atoms with Crippen LogP contribution in [0.4, 0.5) is 0 Å². The molecular weight excluding hydrogens is 274 g/mol. The minimum atomic E-state index is -0.550. The lowest BCUT2D eigenvalue weighted by atomic mass is 10.1. The molecule has 0 unspecified atom stereocenters. The Balaban J connectivity index is 2.98. The van der Waals surface area contributed by atoms with Gasteiger partial charge in [0.1, 0.15) is 11.5 Å². The molecule has 0 bridgehead atoms. The van der Waals surface area contributed by atoms with Gasteiger partial charge in [-0.3, -0.25) is 0 Å². The largest absolute Gasteiger partial charge is 0.497 e. The van der Waals surface area contributed by atoms with Crippen LogP contribution in [0.2, 0.25) is 0 Å². The lowest BCUT2D eigenvalue weighted by Gasteiger charge is -2.03. The van der Waals surface area contributed by atoms with Gasteiger partial charge in [-0.25, -0.2) is 9.59 Å². The van der Waals surface area contributed by atoms with E-state index in [0.717, 1.165) is 0 Å². The number of methoxy groups -OCH3 is 1. The van der Waals surface area contributed by atoms with E-state index >= 15 is 0 Å². The number of esters is 1. The summed E-state index contributed by atoms with van der Waals surface area (Å²) in [5.74, 6) is -0.368. The van der Waals surface area contributed by atoms with Crippen molar-refractivity contribution in [1.29, 1.82) is 0 Å². The van der Waals surface area contributed by atoms with Gasteiger partial charge in [-0.1, -0.05) is 5.16 Å². The molecule has 6 heteroatoms. The number of allylic oxidation sites excluding steroid dienone is 1. The Labute approximate surface area is 123 Å². The maximum Gasteiger partial charge on any atom is 0.332 e. The molecule has 21 heavy (non-hydrogen) atoms. The Morgan fingerprint density at radius 3 is 2.38 bits per heavy atom. The second-order valence-electron chi connectivity index (χ2n) is 3.87. The van der Waals surface area contributed by atoms with Crippen LogP contribution in [-0.2, 0) is 19.2 Å². The van der Waals surface area contributed by atoms with Crippen molar-refractivity contribution in [2.75, 3.05) is 13.7 Å². The van der Waals surface area contributed by atoms with Crippen molar-refractivity contribution in [3.05, 3.63) is 42.0 Å². The Bertz CT molecular complexity index is 546. The van der Waals surface area contributed by atoms with Crippen molar-refractivity contribution < 1.29 is 23.9 Å². The normalized spacial score (nSPS) is 11.3. The molecule has 112 valence electrons. The summed E-state index contributed by atoms with van der Waals surface area (Å²) in [5.41, 5.74) is 0.985. The molecule has 0 aromatic heterocycles. The average molecular weight is 291 g/mol. The van der Waals surface area contributed by atoms with E-state index in [1.165, 1.54) is 19.1 Å². The quantitative estimate of drug-likeness (QED) is 0.264. The number of carbonyl (C=O) groups is 2. The van der Waals surface area contributed by atoms with Gasteiger partial charge >= 0.3 is 11.9 Å². The lowest BCUT2D eigenvalue weighted by Crippen LogP contribution is -2.04. The molecule has 0 fully saturated rings. The van der Waals surface area contributed by atoms with E-state index in [9.17, 15) is 9.59 Å². The highest BCUT2D eigenvalue weighted by atomic mass is 16.7. The zero-order valence-electron chi connectivity index (χ0n) is 12.2. The molecule has 0 saturated heterocycles. The second-order valence-corrected chi connectivity index (χ2v) is 3.87. The molecule has 0 aliphatic carbocycles. The van der Waals surface area contributed by atoms with Crippen LogP contribution in [0.1, 0.15) is 19.4 Å². The molecule has 0 heterocycles. The number of hydrogen-bond donors (Lipinski definition) is 0. The SMILES string of the molecule is CCOC(=O)/C=C/C(=N\OC(C)=O)c1ccc(OC)cc1. The van der Waals surface area contributed by atoms with Crippen LogP contribution in [0, 0.1) is 0 Å². The molecule has 0 radical (unpaired) electrons. The van der Waals surface area contributed by atoms with Gasteiger partial charge in [0, 0.05) is 18.6 Å². The monoisotopic (exact) mass is 291 g/mol. The van der Waals surface area contributed by atoms with Crippen LogP contribution in [0.5, 0.6) is 5.75 Å². The topological polar surface area (TPSA) is 74.2 Å². The molecule has 0 aliphatic rings. The van der Waals surface area contributed by atoms with Crippen molar-refractivity contribution in [2.45, 2.75) is 13.8 Å². The lowest BCUT2D eigenvalue weighted by molar-refractivity contribution is -0.141. The molecule has 1 rings (SSSR count). The van der Waals surface area contributed by atoms with Crippen molar-refractivity contribution in [3.63, 3.8) is 0 Å². The number of oxime groups is 1. The first-order valence-corrected chi connectivity index (χ1v) is 6.31. The van der Waals surface area contributed by atoms with Gasteiger partial charge in [0.2, 0.25) is 0 Å². The highest BCUT2D eigenvalue weighted by molar-refractivity contribution is 6.10. The summed E-state index contributed by atoms with van der Waals surface area (Å²) in [6.07, 6.45) is 2.64. The van der Waals surface area contributed by atoms with E-state index in [1.807, 2.05) is 0 Å². The van der Waals surface area contributed by atoms with Crippen molar-refractivity contribution in [2.24, 2.45) is 5.16 Å². The highest BCUT2D eigenvalue weighted by Gasteiger charge is 2.04. The number of benzene rings is 1. The Morgan fingerprint density at radius 1 is 1.19 bits per heavy atom. The number of rotatable bonds is 6. The molecule has 6 nitrogen and oxygen atoms in total. The summed E-state index contributed by atoms with van der Waals surface area (Å²) >= 11 is 0. The third-order valence-electron chi connectivity index (χ3n) is 2.32. The second kappa shape index (κ2) is 8.52. The maximum absolute atomic E-state index is 11.3. The van der Waals surface area contributed by atoms with E-state index in [0.29, 0.717) is 17.0 Å². The summed E-state index contributed by atoms with van der Waals surface area (Å²) in [6, 6.07) is 6.93. The smallest absolute Gasteiger partial charge is 0.332 e. The van der Waals surface area contributed by atoms with Crippen molar-refractivity contribution in [1.82, 2.24) is 0 Å². The first-order valence-electron chi connectivity index (χ1n) is 6.31. The molecule has 0 N–H and O–H groups in total. The predicted octanol–water partition coefficient (Wildman–Crippen LogP) is 2.08. The third-order valence-corrected chi connectivity index (χ3v) is 2.32. The van der Waals surface area contributed by atoms with Crippen molar-refractivity contribution in [3.8, 4) is 5.75 Å². The van der Waals surface area contributed by atoms with Crippen LogP contribution >= 0.6 is 0 Å². The Kier molecular flexibility index (Phi) is 6.67. The zero-order chi connectivity index (χ0) is 15.7. The molecule has 0 atom stereocenters. The van der Waals surface area contributed by atoms with E-state index < -0.39 is 11.9 Å². The van der Waals surface area contributed by atoms with Gasteiger partial charge < -0.3 is 14.3 Å². The summed E-state index contributed by atoms with van der Waals surface area (Å²) in [5, 5.41) is 3.71. The van der Waals surface area contributed by atoms with Gasteiger partial charge in [0.25, 0.3) is 0 Å². The maximum atomic E-state index is 11.3. The van der Waals surface area contributed by atoms with Crippen LogP contribution in [0.15, 0.2) is 41.6 Å². The van der Waals surface area contributed by atoms with E-state index in [1.54, 1.807) is 38.3 Å². The van der Waals surface area contributed by atoms with Crippen LogP contribution in [0.3, 0.4) is 0 Å². The number of carbonyl (C=O) groups excluding carboxylic acids is 2. The highest BCUT2D eigenvalue weighted by Crippen LogP contribution is 2.13. The average Bonchev–Trinajstić information content (AvgIpc) is 2.47. The minimum absolute atomic E-state index is 0.280. The fraction of sp³-hybridized carbons (Fsp3) is 0.267. The zero-order valence-corrected chi connectivity index (χ0v) is 12.2. The standard InChI is InChI=1S/C15H17NO5/c1-4-20-15(18)10-9-14(16-21-11(2)17)12-5-7-13(19-3)8-6-12/h5-10H,4H2,1-3H3/b10-9+,16-14+. The fourth-order valence-electron chi connectivity index (χ4n) is 1.39. The summed E-state index contributed by atoms with van der Waals surface area (Å²) in [4.78, 5) is 26.8. The van der Waals surface area contributed by atoms with E-state index in [-0.39, 0.29) is 6.61 Å². The molecule has 1 aromatic carbocycles. The van der Waals surface area contributed by atoms with Gasteiger partial charge in [0.05, 0.1) is 13.7 Å². The van der Waals surface area contributed by atoms with Crippen LogP contribution in [-0.4, -0.2) is 31.4 Å². The van der Waals surface area contributed by atoms with Crippen LogP contribution in [0.25, 0.3) is 0 Å². The minimum Gasteiger partial charge on any atom is -0.497 e. The number of nitrogens with zero attached hydrogens (tertiary/aromatic N) is 1. The fourth-order valence-corrected chi connectivity index (χ4v) is 1.39. The van der Waals surface area contributed by atoms with Gasteiger partial charge in [0.15, 0.2) is 0 Å². The Morgan fingerprint density at radius 2 is 1.86 bits per heavy atom. The van der Waals surface area contributed by atoms with Gasteiger partial charge in [-0.2, -0.15) is 0 Å². The first-order chi connectivity index (χ1) is 10.1. The summed E-state index contributed by atoms with van der Waals surface area (Å²) in [7, 11) is 1.56. The molecule has 0 amide bonds. The molecule has 0 aliphatic heterocycles. The van der Waals surface area contributed by atoms with E-state index in [4.69, 9.17) is 9.47 Å². The number of ether oxygens (including phenoxy) is 2. The third kappa shape index (κ3) is 5.90.